The van der Waals surface area contributed by atoms with Gasteiger partial charge in [-0.1, -0.05) is 11.8 Å². The van der Waals surface area contributed by atoms with E-state index in [4.69, 9.17) is 15.6 Å². The third kappa shape index (κ3) is 5.42. The zero-order chi connectivity index (χ0) is 15.7. The Morgan fingerprint density at radius 1 is 1.43 bits per heavy atom. The molecule has 4 N–H and O–H groups in total. The number of carbonyl (C=O) groups is 2. The summed E-state index contributed by atoms with van der Waals surface area (Å²) in [4.78, 5) is 22.3. The second kappa shape index (κ2) is 8.45. The molecule has 0 fully saturated rings. The smallest absolute Gasteiger partial charge is 0.404 e. The summed E-state index contributed by atoms with van der Waals surface area (Å²) in [6.45, 7) is -0.149. The third-order valence-corrected chi connectivity index (χ3v) is 2.40. The maximum atomic E-state index is 11.9. The maximum Gasteiger partial charge on any atom is 0.404 e. The molecule has 0 spiro atoms. The summed E-state index contributed by atoms with van der Waals surface area (Å²) >= 11 is 0. The number of benzene rings is 1. The van der Waals surface area contributed by atoms with Gasteiger partial charge in [-0.05, 0) is 18.2 Å². The van der Waals surface area contributed by atoms with Crippen molar-refractivity contribution in [1.82, 2.24) is 5.32 Å². The van der Waals surface area contributed by atoms with Gasteiger partial charge in [-0.25, -0.2) is 4.79 Å². The molecule has 1 aromatic carbocycles. The number of primary amides is 1. The van der Waals surface area contributed by atoms with E-state index in [1.54, 1.807) is 18.2 Å². The van der Waals surface area contributed by atoms with E-state index in [0.29, 0.717) is 16.9 Å². The van der Waals surface area contributed by atoms with Crippen LogP contribution in [0.1, 0.15) is 15.9 Å². The number of hydrogen-bond acceptors (Lipinski definition) is 5. The normalized spacial score (nSPS) is 9.24. The van der Waals surface area contributed by atoms with E-state index in [1.165, 1.54) is 7.11 Å². The lowest BCUT2D eigenvalue weighted by molar-refractivity contribution is 0.0936. The van der Waals surface area contributed by atoms with Gasteiger partial charge in [0.25, 0.3) is 5.91 Å². The van der Waals surface area contributed by atoms with Crippen LogP contribution in [0.3, 0.4) is 0 Å². The van der Waals surface area contributed by atoms with Crippen molar-refractivity contribution < 1.29 is 24.2 Å². The monoisotopic (exact) mass is 292 g/mol. The molecular formula is C14H16N2O5. The van der Waals surface area contributed by atoms with Gasteiger partial charge in [0.1, 0.15) is 19.0 Å². The Bertz CT molecular complexity index is 574. The van der Waals surface area contributed by atoms with Gasteiger partial charge in [0.2, 0.25) is 0 Å². The van der Waals surface area contributed by atoms with Crippen molar-refractivity contribution in [3.8, 4) is 17.6 Å². The van der Waals surface area contributed by atoms with E-state index < -0.39 is 6.09 Å². The lowest BCUT2D eigenvalue weighted by atomic mass is 10.1. The topological polar surface area (TPSA) is 111 Å². The SMILES string of the molecule is COc1ccc(C(=O)NCCOC(N)=O)cc1C#CCO. The Kier molecular flexibility index (Phi) is 6.57. The van der Waals surface area contributed by atoms with Crippen LogP contribution in [-0.2, 0) is 4.74 Å². The quantitative estimate of drug-likeness (QED) is 0.517. The molecule has 0 saturated carbocycles. The van der Waals surface area contributed by atoms with E-state index in [9.17, 15) is 9.59 Å². The molecule has 0 aliphatic heterocycles. The Morgan fingerprint density at radius 2 is 2.19 bits per heavy atom. The first-order valence-electron chi connectivity index (χ1n) is 6.06. The zero-order valence-corrected chi connectivity index (χ0v) is 11.5. The predicted molar refractivity (Wildman–Crippen MR) is 74.8 cm³/mol. The van der Waals surface area contributed by atoms with Gasteiger partial charge in [-0.15, -0.1) is 0 Å². The van der Waals surface area contributed by atoms with Crippen molar-refractivity contribution in [1.29, 1.82) is 0 Å². The fourth-order valence-corrected chi connectivity index (χ4v) is 1.50. The Hall–Kier alpha value is -2.72. The molecule has 0 unspecified atom stereocenters. The number of amides is 2. The molecule has 0 bridgehead atoms. The zero-order valence-electron chi connectivity index (χ0n) is 11.5. The van der Waals surface area contributed by atoms with Crippen molar-refractivity contribution in [3.63, 3.8) is 0 Å². The number of hydrogen-bond donors (Lipinski definition) is 3. The molecule has 0 atom stereocenters. The number of aliphatic hydroxyl groups is 1. The Labute approximate surface area is 122 Å². The second-order valence-corrected chi connectivity index (χ2v) is 3.80. The Balaban J connectivity index is 2.74. The van der Waals surface area contributed by atoms with Crippen LogP contribution in [0.5, 0.6) is 5.75 Å². The minimum absolute atomic E-state index is 0.00555. The lowest BCUT2D eigenvalue weighted by Gasteiger charge is -2.08. The first kappa shape index (κ1) is 16.3. The number of carbonyl (C=O) groups excluding carboxylic acids is 2. The van der Waals surface area contributed by atoms with Crippen LogP contribution in [0, 0.1) is 11.8 Å². The molecule has 7 nitrogen and oxygen atoms in total. The molecule has 1 aromatic rings. The van der Waals surface area contributed by atoms with Gasteiger partial charge in [-0.2, -0.15) is 0 Å². The van der Waals surface area contributed by atoms with Crippen LogP contribution in [-0.4, -0.2) is 44.0 Å². The van der Waals surface area contributed by atoms with Crippen molar-refractivity contribution in [3.05, 3.63) is 29.3 Å². The fourth-order valence-electron chi connectivity index (χ4n) is 1.50. The Morgan fingerprint density at radius 3 is 2.81 bits per heavy atom. The first-order chi connectivity index (χ1) is 10.1. The van der Waals surface area contributed by atoms with Gasteiger partial charge in [-0.3, -0.25) is 4.79 Å². The standard InChI is InChI=1S/C14H16N2O5/c1-20-12-5-4-11(9-10(12)3-2-7-17)13(18)16-6-8-21-14(15)19/h4-5,9,17H,6-8H2,1H3,(H2,15,19)(H,16,18). The molecule has 21 heavy (non-hydrogen) atoms. The minimum atomic E-state index is -0.893. The average Bonchev–Trinajstić information content (AvgIpc) is 2.48. The number of rotatable bonds is 5. The van der Waals surface area contributed by atoms with Crippen LogP contribution in [0.2, 0.25) is 0 Å². The van der Waals surface area contributed by atoms with E-state index in [-0.39, 0.29) is 25.7 Å². The van der Waals surface area contributed by atoms with Gasteiger partial charge < -0.3 is 25.6 Å². The van der Waals surface area contributed by atoms with Gasteiger partial charge in [0.05, 0.1) is 19.2 Å². The molecule has 112 valence electrons. The fraction of sp³-hybridized carbons (Fsp3) is 0.286. The number of nitrogens with two attached hydrogens (primary N) is 1. The lowest BCUT2D eigenvalue weighted by Crippen LogP contribution is -2.29. The van der Waals surface area contributed by atoms with Crippen LogP contribution < -0.4 is 15.8 Å². The maximum absolute atomic E-state index is 11.9. The number of nitrogens with one attached hydrogen (secondary N) is 1. The third-order valence-electron chi connectivity index (χ3n) is 2.40. The van der Waals surface area contributed by atoms with Crippen LogP contribution in [0.15, 0.2) is 18.2 Å². The summed E-state index contributed by atoms with van der Waals surface area (Å²) in [5, 5.41) is 11.3. The van der Waals surface area contributed by atoms with Crippen LogP contribution in [0.25, 0.3) is 0 Å². The van der Waals surface area contributed by atoms with Crippen molar-refractivity contribution in [2.75, 3.05) is 26.9 Å². The summed E-state index contributed by atoms with van der Waals surface area (Å²) in [5.41, 5.74) is 5.66. The summed E-state index contributed by atoms with van der Waals surface area (Å²) in [5.74, 6) is 5.35. The van der Waals surface area contributed by atoms with Crippen molar-refractivity contribution >= 4 is 12.0 Å². The molecule has 0 aromatic heterocycles. The highest BCUT2D eigenvalue weighted by molar-refractivity contribution is 5.94. The summed E-state index contributed by atoms with van der Waals surface area (Å²) in [6.07, 6.45) is -0.893. The van der Waals surface area contributed by atoms with Crippen LogP contribution >= 0.6 is 0 Å². The molecule has 0 saturated heterocycles. The number of aliphatic hydroxyl groups excluding tert-OH is 1. The van der Waals surface area contributed by atoms with Crippen molar-refractivity contribution in [2.45, 2.75) is 0 Å². The van der Waals surface area contributed by atoms with Gasteiger partial charge in [0.15, 0.2) is 0 Å². The summed E-state index contributed by atoms with van der Waals surface area (Å²) < 4.78 is 9.61. The van der Waals surface area contributed by atoms with Gasteiger partial charge >= 0.3 is 6.09 Å². The molecule has 2 amide bonds. The molecule has 7 heteroatoms. The van der Waals surface area contributed by atoms with E-state index in [0.717, 1.165) is 0 Å². The second-order valence-electron chi connectivity index (χ2n) is 3.80. The number of methoxy groups -OCH3 is 1. The highest BCUT2D eigenvalue weighted by atomic mass is 16.5. The molecule has 0 aliphatic rings. The highest BCUT2D eigenvalue weighted by Gasteiger charge is 2.09. The first-order valence-corrected chi connectivity index (χ1v) is 6.06. The van der Waals surface area contributed by atoms with Gasteiger partial charge in [0, 0.05) is 5.56 Å². The average molecular weight is 292 g/mol. The molecule has 0 heterocycles. The largest absolute Gasteiger partial charge is 0.495 e. The van der Waals surface area contributed by atoms with E-state index in [1.807, 2.05) is 0 Å². The molecule has 0 aliphatic carbocycles. The van der Waals surface area contributed by atoms with E-state index in [2.05, 4.69) is 21.9 Å². The molecule has 0 radical (unpaired) electrons. The highest BCUT2D eigenvalue weighted by Crippen LogP contribution is 2.18. The summed E-state index contributed by atoms with van der Waals surface area (Å²) in [6, 6.07) is 4.73. The van der Waals surface area contributed by atoms with Crippen molar-refractivity contribution in [2.24, 2.45) is 5.73 Å². The molecular weight excluding hydrogens is 276 g/mol. The summed E-state index contributed by atoms with van der Waals surface area (Å²) in [7, 11) is 1.49. The number of ether oxygens (including phenoxy) is 2. The van der Waals surface area contributed by atoms with E-state index >= 15 is 0 Å². The molecule has 1 rings (SSSR count). The minimum Gasteiger partial charge on any atom is -0.495 e. The predicted octanol–water partition coefficient (Wildman–Crippen LogP) is -0.136. The van der Waals surface area contributed by atoms with Crippen LogP contribution in [0.4, 0.5) is 4.79 Å².